The SMILES string of the molecule is COc1cc(CO)ccc1OCCCC/C(N)=N/O. The fourth-order valence-electron chi connectivity index (χ4n) is 1.57. The van der Waals surface area contributed by atoms with Crippen LogP contribution in [0.3, 0.4) is 0 Å². The Labute approximate surface area is 112 Å². The number of unbranched alkanes of at least 4 members (excludes halogenated alkanes) is 1. The van der Waals surface area contributed by atoms with Gasteiger partial charge in [-0.15, -0.1) is 0 Å². The number of hydrogen-bond donors (Lipinski definition) is 3. The number of ether oxygens (including phenoxy) is 2. The number of aliphatic hydroxyl groups excluding tert-OH is 1. The van der Waals surface area contributed by atoms with Gasteiger partial charge in [-0.05, 0) is 30.5 Å². The summed E-state index contributed by atoms with van der Waals surface area (Å²) in [6.45, 7) is 0.490. The molecule has 0 atom stereocenters. The molecule has 0 saturated carbocycles. The fourth-order valence-corrected chi connectivity index (χ4v) is 1.57. The quantitative estimate of drug-likeness (QED) is 0.218. The second-order valence-electron chi connectivity index (χ2n) is 4.04. The van der Waals surface area contributed by atoms with E-state index in [0.717, 1.165) is 18.4 Å². The summed E-state index contributed by atoms with van der Waals surface area (Å²) in [5.74, 6) is 1.47. The molecule has 4 N–H and O–H groups in total. The molecule has 1 aromatic carbocycles. The molecule has 1 aromatic rings. The van der Waals surface area contributed by atoms with Crippen molar-refractivity contribution in [2.75, 3.05) is 13.7 Å². The van der Waals surface area contributed by atoms with Gasteiger partial charge in [0.1, 0.15) is 5.84 Å². The third kappa shape index (κ3) is 5.05. The van der Waals surface area contributed by atoms with Crippen LogP contribution in [0.2, 0.25) is 0 Å². The zero-order chi connectivity index (χ0) is 14.1. The van der Waals surface area contributed by atoms with Gasteiger partial charge in [0.05, 0.1) is 20.3 Å². The summed E-state index contributed by atoms with van der Waals surface area (Å²) >= 11 is 0. The molecular weight excluding hydrogens is 248 g/mol. The molecule has 0 aliphatic rings. The first kappa shape index (κ1) is 15.1. The highest BCUT2D eigenvalue weighted by Crippen LogP contribution is 2.28. The van der Waals surface area contributed by atoms with Crippen molar-refractivity contribution in [1.82, 2.24) is 0 Å². The van der Waals surface area contributed by atoms with E-state index in [1.807, 2.05) is 0 Å². The first-order chi connectivity index (χ1) is 9.21. The number of aliphatic hydroxyl groups is 1. The molecule has 1 rings (SSSR count). The van der Waals surface area contributed by atoms with E-state index in [1.165, 1.54) is 0 Å². The van der Waals surface area contributed by atoms with Gasteiger partial charge < -0.3 is 25.5 Å². The minimum atomic E-state index is -0.0313. The lowest BCUT2D eigenvalue weighted by Crippen LogP contribution is -2.11. The van der Waals surface area contributed by atoms with Crippen molar-refractivity contribution < 1.29 is 19.8 Å². The van der Waals surface area contributed by atoms with E-state index in [2.05, 4.69) is 5.16 Å². The Hall–Kier alpha value is -1.95. The van der Waals surface area contributed by atoms with Gasteiger partial charge in [-0.25, -0.2) is 0 Å². The van der Waals surface area contributed by atoms with Gasteiger partial charge in [-0.2, -0.15) is 0 Å². The molecule has 0 amide bonds. The van der Waals surface area contributed by atoms with E-state index in [-0.39, 0.29) is 12.4 Å². The smallest absolute Gasteiger partial charge is 0.161 e. The topological polar surface area (TPSA) is 97.3 Å². The van der Waals surface area contributed by atoms with Gasteiger partial charge in [-0.3, -0.25) is 0 Å². The largest absolute Gasteiger partial charge is 0.493 e. The molecule has 0 radical (unpaired) electrons. The van der Waals surface area contributed by atoms with E-state index in [1.54, 1.807) is 25.3 Å². The molecule has 0 aromatic heterocycles. The molecule has 0 fully saturated rings. The van der Waals surface area contributed by atoms with Crippen molar-refractivity contribution in [3.63, 3.8) is 0 Å². The fraction of sp³-hybridized carbons (Fsp3) is 0.462. The number of rotatable bonds is 8. The van der Waals surface area contributed by atoms with Crippen LogP contribution in [-0.2, 0) is 6.61 Å². The monoisotopic (exact) mass is 268 g/mol. The number of amidine groups is 1. The Balaban J connectivity index is 2.40. The van der Waals surface area contributed by atoms with E-state index in [4.69, 9.17) is 25.5 Å². The van der Waals surface area contributed by atoms with E-state index in [0.29, 0.717) is 24.5 Å². The Bertz CT molecular complexity index is 421. The lowest BCUT2D eigenvalue weighted by molar-refractivity contribution is 0.275. The standard InChI is InChI=1S/C13H20N2O4/c1-18-12-8-10(9-16)5-6-11(12)19-7-3-2-4-13(14)15-17/h5-6,8,16-17H,2-4,7,9H2,1H3,(H2,14,15). The van der Waals surface area contributed by atoms with Gasteiger partial charge >= 0.3 is 0 Å². The van der Waals surface area contributed by atoms with Crippen LogP contribution in [0.5, 0.6) is 11.5 Å². The molecule has 0 bridgehead atoms. The number of benzene rings is 1. The summed E-state index contributed by atoms with van der Waals surface area (Å²) in [6.07, 6.45) is 2.12. The lowest BCUT2D eigenvalue weighted by atomic mass is 10.2. The summed E-state index contributed by atoms with van der Waals surface area (Å²) in [4.78, 5) is 0. The van der Waals surface area contributed by atoms with Gasteiger partial charge in [0.25, 0.3) is 0 Å². The molecule has 0 saturated heterocycles. The number of nitrogens with zero attached hydrogens (tertiary/aromatic N) is 1. The van der Waals surface area contributed by atoms with E-state index in [9.17, 15) is 0 Å². The maximum atomic E-state index is 9.03. The minimum absolute atomic E-state index is 0.0313. The molecule has 0 spiro atoms. The molecule has 0 unspecified atom stereocenters. The van der Waals surface area contributed by atoms with Crippen molar-refractivity contribution in [3.05, 3.63) is 23.8 Å². The second-order valence-corrected chi connectivity index (χ2v) is 4.04. The number of methoxy groups -OCH3 is 1. The van der Waals surface area contributed by atoms with Gasteiger partial charge in [0.15, 0.2) is 11.5 Å². The predicted octanol–water partition coefficient (Wildman–Crippen LogP) is 1.48. The Kier molecular flexibility index (Phi) is 6.52. The molecular formula is C13H20N2O4. The predicted molar refractivity (Wildman–Crippen MR) is 71.7 cm³/mol. The summed E-state index contributed by atoms with van der Waals surface area (Å²) in [7, 11) is 1.56. The van der Waals surface area contributed by atoms with E-state index < -0.39 is 0 Å². The maximum absolute atomic E-state index is 9.03. The van der Waals surface area contributed by atoms with Crippen LogP contribution in [0.4, 0.5) is 0 Å². The average Bonchev–Trinajstić information content (AvgIpc) is 2.46. The van der Waals surface area contributed by atoms with Crippen LogP contribution in [0, 0.1) is 0 Å². The van der Waals surface area contributed by atoms with Gasteiger partial charge in [-0.1, -0.05) is 11.2 Å². The third-order valence-electron chi connectivity index (χ3n) is 2.62. The molecule has 0 heterocycles. The summed E-state index contributed by atoms with van der Waals surface area (Å²) in [5.41, 5.74) is 6.13. The van der Waals surface area contributed by atoms with Crippen LogP contribution in [0.15, 0.2) is 23.4 Å². The molecule has 19 heavy (non-hydrogen) atoms. The Morgan fingerprint density at radius 2 is 2.11 bits per heavy atom. The van der Waals surface area contributed by atoms with Crippen LogP contribution in [0.25, 0.3) is 0 Å². The minimum Gasteiger partial charge on any atom is -0.493 e. The number of hydrogen-bond acceptors (Lipinski definition) is 5. The Morgan fingerprint density at radius 1 is 1.32 bits per heavy atom. The highest BCUT2D eigenvalue weighted by atomic mass is 16.5. The number of oxime groups is 1. The third-order valence-corrected chi connectivity index (χ3v) is 2.62. The highest BCUT2D eigenvalue weighted by molar-refractivity contribution is 5.79. The first-order valence-electron chi connectivity index (χ1n) is 6.08. The summed E-state index contributed by atoms with van der Waals surface area (Å²) < 4.78 is 10.8. The van der Waals surface area contributed by atoms with Crippen molar-refractivity contribution >= 4 is 5.84 Å². The first-order valence-corrected chi connectivity index (χ1v) is 6.08. The van der Waals surface area contributed by atoms with E-state index >= 15 is 0 Å². The van der Waals surface area contributed by atoms with Crippen LogP contribution in [-0.4, -0.2) is 29.9 Å². The molecule has 106 valence electrons. The van der Waals surface area contributed by atoms with Crippen molar-refractivity contribution in [3.8, 4) is 11.5 Å². The summed E-state index contributed by atoms with van der Waals surface area (Å²) in [5, 5.41) is 20.3. The van der Waals surface area contributed by atoms with Crippen molar-refractivity contribution in [2.24, 2.45) is 10.9 Å². The highest BCUT2D eigenvalue weighted by Gasteiger charge is 2.05. The van der Waals surface area contributed by atoms with Crippen molar-refractivity contribution in [2.45, 2.75) is 25.9 Å². The van der Waals surface area contributed by atoms with Crippen LogP contribution >= 0.6 is 0 Å². The Morgan fingerprint density at radius 3 is 2.74 bits per heavy atom. The van der Waals surface area contributed by atoms with Crippen LogP contribution in [0.1, 0.15) is 24.8 Å². The number of nitrogens with two attached hydrogens (primary N) is 1. The zero-order valence-electron chi connectivity index (χ0n) is 11.0. The molecule has 6 heteroatoms. The normalized spacial score (nSPS) is 11.4. The average molecular weight is 268 g/mol. The summed E-state index contributed by atoms with van der Waals surface area (Å²) in [6, 6.07) is 5.30. The van der Waals surface area contributed by atoms with Crippen LogP contribution < -0.4 is 15.2 Å². The maximum Gasteiger partial charge on any atom is 0.161 e. The van der Waals surface area contributed by atoms with Gasteiger partial charge in [0.2, 0.25) is 0 Å². The lowest BCUT2D eigenvalue weighted by Gasteiger charge is -2.11. The molecule has 0 aliphatic carbocycles. The molecule has 0 aliphatic heterocycles. The molecule has 6 nitrogen and oxygen atoms in total. The second kappa shape index (κ2) is 8.20. The van der Waals surface area contributed by atoms with Crippen molar-refractivity contribution in [1.29, 1.82) is 0 Å². The van der Waals surface area contributed by atoms with Gasteiger partial charge in [0, 0.05) is 6.42 Å². The zero-order valence-corrected chi connectivity index (χ0v) is 11.0.